The third-order valence-corrected chi connectivity index (χ3v) is 4.40. The highest BCUT2D eigenvalue weighted by Crippen LogP contribution is 2.34. The van der Waals surface area contributed by atoms with Gasteiger partial charge in [-0.25, -0.2) is 4.79 Å². The summed E-state index contributed by atoms with van der Waals surface area (Å²) in [4.78, 5) is 25.0. The van der Waals surface area contributed by atoms with Crippen molar-refractivity contribution in [3.8, 4) is 28.6 Å². The Balaban J connectivity index is 2.00. The highest BCUT2D eigenvalue weighted by molar-refractivity contribution is 5.96. The van der Waals surface area contributed by atoms with Gasteiger partial charge >= 0.3 is 5.97 Å². The first-order valence-electron chi connectivity index (χ1n) is 9.47. The summed E-state index contributed by atoms with van der Waals surface area (Å²) in [7, 11) is 3.01. The van der Waals surface area contributed by atoms with Gasteiger partial charge in [0.05, 0.1) is 25.4 Å². The van der Waals surface area contributed by atoms with Crippen molar-refractivity contribution in [2.75, 3.05) is 21.0 Å². The molecule has 0 radical (unpaired) electrons. The molecule has 0 amide bonds. The molecule has 0 unspecified atom stereocenters. The van der Waals surface area contributed by atoms with Crippen LogP contribution >= 0.6 is 0 Å². The van der Waals surface area contributed by atoms with Gasteiger partial charge in [0, 0.05) is 11.6 Å². The van der Waals surface area contributed by atoms with Crippen molar-refractivity contribution >= 4 is 16.9 Å². The van der Waals surface area contributed by atoms with E-state index in [4.69, 9.17) is 23.4 Å². The fourth-order valence-corrected chi connectivity index (χ4v) is 2.86. The Morgan fingerprint density at radius 1 is 1.03 bits per heavy atom. The lowest BCUT2D eigenvalue weighted by Crippen LogP contribution is -2.22. The molecule has 8 nitrogen and oxygen atoms in total. The van der Waals surface area contributed by atoms with Crippen LogP contribution < -0.4 is 14.9 Å². The van der Waals surface area contributed by atoms with Gasteiger partial charge in [0.2, 0.25) is 0 Å². The van der Waals surface area contributed by atoms with E-state index in [2.05, 4.69) is 0 Å². The van der Waals surface area contributed by atoms with E-state index in [0.717, 1.165) is 6.07 Å². The minimum absolute atomic E-state index is 0.0233. The highest BCUT2D eigenvalue weighted by atomic mass is 16.7. The van der Waals surface area contributed by atoms with Crippen LogP contribution in [0.4, 0.5) is 0 Å². The van der Waals surface area contributed by atoms with Gasteiger partial charge in [-0.15, -0.1) is 0 Å². The number of ether oxygens (including phenoxy) is 4. The van der Waals surface area contributed by atoms with Crippen LogP contribution in [0.15, 0.2) is 45.6 Å². The number of rotatable bonds is 6. The second kappa shape index (κ2) is 8.69. The molecule has 1 heterocycles. The van der Waals surface area contributed by atoms with Crippen LogP contribution in [0, 0.1) is 0 Å². The monoisotopic (exact) mass is 428 g/mol. The van der Waals surface area contributed by atoms with Crippen molar-refractivity contribution in [3.63, 3.8) is 0 Å². The minimum atomic E-state index is -0.722. The van der Waals surface area contributed by atoms with Crippen molar-refractivity contribution in [1.82, 2.24) is 0 Å². The Morgan fingerprint density at radius 2 is 1.74 bits per heavy atom. The number of hydrogen-bond donors (Lipinski definition) is 1. The smallest absolute Gasteiger partial charge is 0.340 e. The number of carbonyl (C=O) groups excluding carboxylic acids is 1. The van der Waals surface area contributed by atoms with Gasteiger partial charge in [-0.1, -0.05) is 0 Å². The summed E-state index contributed by atoms with van der Waals surface area (Å²) < 4.78 is 26.8. The van der Waals surface area contributed by atoms with Gasteiger partial charge in [-0.05, 0) is 51.1 Å². The van der Waals surface area contributed by atoms with E-state index >= 15 is 0 Å². The minimum Gasteiger partial charge on any atom is -0.507 e. The standard InChI is InChI=1S/C23H24O8/c1-23(2,3)30-12-29-22(26)14-8-15(24)21-16(25)11-18(31-20(21)10-14)13-6-7-17(27-4)19(9-13)28-5/h6-11,24H,12H2,1-5H3. The average molecular weight is 428 g/mol. The Kier molecular flexibility index (Phi) is 6.21. The van der Waals surface area contributed by atoms with Crippen molar-refractivity contribution in [2.45, 2.75) is 26.4 Å². The predicted molar refractivity (Wildman–Crippen MR) is 114 cm³/mol. The summed E-state index contributed by atoms with van der Waals surface area (Å²) in [6, 6.07) is 8.81. The molecular weight excluding hydrogens is 404 g/mol. The summed E-state index contributed by atoms with van der Waals surface area (Å²) in [5.41, 5.74) is -0.314. The normalized spacial score (nSPS) is 11.4. The molecule has 0 aliphatic heterocycles. The molecule has 1 aromatic heterocycles. The fraction of sp³-hybridized carbons (Fsp3) is 0.304. The number of phenols is 1. The lowest BCUT2D eigenvalue weighted by atomic mass is 10.1. The number of esters is 1. The number of fused-ring (bicyclic) bond motifs is 1. The van der Waals surface area contributed by atoms with Crippen molar-refractivity contribution < 1.29 is 33.3 Å². The average Bonchev–Trinajstić information content (AvgIpc) is 2.71. The fourth-order valence-electron chi connectivity index (χ4n) is 2.86. The third kappa shape index (κ3) is 4.97. The Labute approximate surface area is 178 Å². The van der Waals surface area contributed by atoms with Crippen LogP contribution in [0.1, 0.15) is 31.1 Å². The van der Waals surface area contributed by atoms with Gasteiger partial charge in [-0.3, -0.25) is 4.79 Å². The molecule has 0 saturated carbocycles. The molecule has 0 atom stereocenters. The zero-order chi connectivity index (χ0) is 22.8. The zero-order valence-corrected chi connectivity index (χ0v) is 18.0. The van der Waals surface area contributed by atoms with Crippen LogP contribution in [0.2, 0.25) is 0 Å². The second-order valence-electron chi connectivity index (χ2n) is 7.72. The maximum atomic E-state index is 12.6. The number of benzene rings is 2. The first-order chi connectivity index (χ1) is 14.6. The van der Waals surface area contributed by atoms with Crippen LogP contribution in [-0.4, -0.2) is 37.7 Å². The topological polar surface area (TPSA) is 104 Å². The summed E-state index contributed by atoms with van der Waals surface area (Å²) in [6.45, 7) is 5.23. The molecule has 0 bridgehead atoms. The van der Waals surface area contributed by atoms with Gasteiger partial charge in [-0.2, -0.15) is 0 Å². The molecule has 8 heteroatoms. The predicted octanol–water partition coefficient (Wildman–Crippen LogP) is 4.11. The number of phenolic OH excluding ortho intramolecular Hbond substituents is 1. The second-order valence-corrected chi connectivity index (χ2v) is 7.72. The van der Waals surface area contributed by atoms with E-state index in [9.17, 15) is 14.7 Å². The quantitative estimate of drug-likeness (QED) is 0.462. The largest absolute Gasteiger partial charge is 0.507 e. The molecular formula is C23H24O8. The van der Waals surface area contributed by atoms with E-state index in [1.807, 2.05) is 20.8 Å². The summed E-state index contributed by atoms with van der Waals surface area (Å²) in [5.74, 6) is 0.116. The van der Waals surface area contributed by atoms with Crippen molar-refractivity contribution in [3.05, 3.63) is 52.2 Å². The molecule has 0 spiro atoms. The summed E-state index contributed by atoms with van der Waals surface area (Å²) in [6.07, 6.45) is 0. The molecule has 0 aliphatic rings. The summed E-state index contributed by atoms with van der Waals surface area (Å²) in [5, 5.41) is 10.3. The van der Waals surface area contributed by atoms with Gasteiger partial charge < -0.3 is 28.5 Å². The molecule has 1 N–H and O–H groups in total. The summed E-state index contributed by atoms with van der Waals surface area (Å²) >= 11 is 0. The molecule has 0 fully saturated rings. The number of methoxy groups -OCH3 is 2. The number of hydrogen-bond acceptors (Lipinski definition) is 8. The highest BCUT2D eigenvalue weighted by Gasteiger charge is 2.18. The Morgan fingerprint density at radius 3 is 2.39 bits per heavy atom. The molecule has 0 aliphatic carbocycles. The van der Waals surface area contributed by atoms with E-state index in [1.54, 1.807) is 18.2 Å². The molecule has 164 valence electrons. The third-order valence-electron chi connectivity index (χ3n) is 4.40. The van der Waals surface area contributed by atoms with Gasteiger partial charge in [0.1, 0.15) is 22.5 Å². The Bertz CT molecular complexity index is 1170. The van der Waals surface area contributed by atoms with Crippen LogP contribution in [-0.2, 0) is 9.47 Å². The Hall–Kier alpha value is -3.52. The lowest BCUT2D eigenvalue weighted by molar-refractivity contribution is -0.0965. The van der Waals surface area contributed by atoms with E-state index in [-0.39, 0.29) is 34.8 Å². The maximum Gasteiger partial charge on any atom is 0.340 e. The molecule has 2 aromatic carbocycles. The SMILES string of the molecule is COc1ccc(-c2cc(=O)c3c(O)cc(C(=O)OCOC(C)(C)C)cc3o2)cc1OC. The first kappa shape index (κ1) is 22.2. The molecule has 31 heavy (non-hydrogen) atoms. The van der Waals surface area contributed by atoms with Crippen LogP contribution in [0.3, 0.4) is 0 Å². The van der Waals surface area contributed by atoms with Gasteiger partial charge in [0.15, 0.2) is 23.7 Å². The molecule has 0 saturated heterocycles. The number of carbonyl (C=O) groups is 1. The molecule has 3 aromatic rings. The lowest BCUT2D eigenvalue weighted by Gasteiger charge is -2.19. The van der Waals surface area contributed by atoms with Crippen LogP contribution in [0.25, 0.3) is 22.3 Å². The van der Waals surface area contributed by atoms with E-state index < -0.39 is 17.0 Å². The molecule has 3 rings (SSSR count). The van der Waals surface area contributed by atoms with Crippen molar-refractivity contribution in [2.24, 2.45) is 0 Å². The zero-order valence-electron chi connectivity index (χ0n) is 18.0. The van der Waals surface area contributed by atoms with E-state index in [0.29, 0.717) is 17.1 Å². The maximum absolute atomic E-state index is 12.6. The van der Waals surface area contributed by atoms with Gasteiger partial charge in [0.25, 0.3) is 0 Å². The number of aromatic hydroxyl groups is 1. The first-order valence-corrected chi connectivity index (χ1v) is 9.47. The van der Waals surface area contributed by atoms with Crippen LogP contribution in [0.5, 0.6) is 17.2 Å². The van der Waals surface area contributed by atoms with E-state index in [1.165, 1.54) is 26.4 Å². The van der Waals surface area contributed by atoms with Crippen molar-refractivity contribution in [1.29, 1.82) is 0 Å².